The summed E-state index contributed by atoms with van der Waals surface area (Å²) < 4.78 is 14.8. The molecule has 0 bridgehead atoms. The predicted octanol–water partition coefficient (Wildman–Crippen LogP) is 0.121. The number of carbonyl (C=O) groups is 1. The van der Waals surface area contributed by atoms with Gasteiger partial charge >= 0.3 is 8.03 Å². The quantitative estimate of drug-likeness (QED) is 0.344. The zero-order chi connectivity index (χ0) is 7.11. The second-order valence-electron chi connectivity index (χ2n) is 1.34. The molecule has 0 heterocycles. The Morgan fingerprint density at radius 3 is 2.89 bits per heavy atom. The Hall–Kier alpha value is -0.470. The van der Waals surface area contributed by atoms with Crippen molar-refractivity contribution in [3.63, 3.8) is 0 Å². The summed E-state index contributed by atoms with van der Waals surface area (Å²) in [5.41, 5.74) is 0. The molecule has 5 heteroatoms. The third-order valence-corrected chi connectivity index (χ3v) is 1.15. The summed E-state index contributed by atoms with van der Waals surface area (Å²) in [5.74, 6) is 0. The van der Waals surface area contributed by atoms with Gasteiger partial charge in [-0.1, -0.05) is 0 Å². The number of nitrogens with one attached hydrogen (secondary N) is 1. The first kappa shape index (κ1) is 8.53. The Morgan fingerprint density at radius 2 is 2.44 bits per heavy atom. The smallest absolute Gasteiger partial charge is 0.356 e. The molecule has 1 N–H and O–H groups in total. The number of carbonyl (C=O) groups excluding carboxylic acids is 1. The monoisotopic (exact) mass is 150 g/mol. The summed E-state index contributed by atoms with van der Waals surface area (Å²) in [5, 5.41) is 2.37. The van der Waals surface area contributed by atoms with E-state index in [0.29, 0.717) is 19.6 Å². The highest BCUT2D eigenvalue weighted by Crippen LogP contribution is 2.13. The van der Waals surface area contributed by atoms with E-state index in [1.807, 2.05) is 0 Å². The topological polar surface area (TPSA) is 55.4 Å². The second kappa shape index (κ2) is 5.66. The van der Waals surface area contributed by atoms with Crippen LogP contribution in [-0.4, -0.2) is 26.2 Å². The molecule has 0 aromatic carbocycles. The zero-order valence-electron chi connectivity index (χ0n) is 5.16. The fourth-order valence-corrected chi connectivity index (χ4v) is 0.640. The third kappa shape index (κ3) is 7.53. The molecular formula is C4H9NO3P+. The lowest BCUT2D eigenvalue weighted by atomic mass is 10.7. The van der Waals surface area contributed by atoms with Crippen molar-refractivity contribution in [1.82, 2.24) is 5.32 Å². The van der Waals surface area contributed by atoms with Gasteiger partial charge in [0.05, 0.1) is 0 Å². The van der Waals surface area contributed by atoms with Gasteiger partial charge in [0.2, 0.25) is 6.41 Å². The van der Waals surface area contributed by atoms with Gasteiger partial charge in [0, 0.05) is 6.54 Å². The summed E-state index contributed by atoms with van der Waals surface area (Å²) in [6.07, 6.45) is 0.575. The molecular weight excluding hydrogens is 141 g/mol. The Balaban J connectivity index is 2.91. The standard InChI is InChI=1S/C4H8NO3P/c1-9(7)8-3-2-5-4-6/h4H,2-3H2,1H3/p+1. The fraction of sp³-hybridized carbons (Fsp3) is 0.750. The maximum Gasteiger partial charge on any atom is 0.504 e. The van der Waals surface area contributed by atoms with Crippen LogP contribution in [0.5, 0.6) is 0 Å². The Labute approximate surface area is 54.5 Å². The van der Waals surface area contributed by atoms with E-state index < -0.39 is 8.03 Å². The molecule has 0 saturated heterocycles. The summed E-state index contributed by atoms with van der Waals surface area (Å²) in [4.78, 5) is 9.61. The lowest BCUT2D eigenvalue weighted by Crippen LogP contribution is -2.15. The van der Waals surface area contributed by atoms with Crippen molar-refractivity contribution in [1.29, 1.82) is 0 Å². The maximum absolute atomic E-state index is 10.2. The molecule has 1 atom stereocenters. The fourth-order valence-electron chi connectivity index (χ4n) is 0.292. The molecule has 0 rings (SSSR count). The minimum Gasteiger partial charge on any atom is -0.356 e. The molecule has 9 heavy (non-hydrogen) atoms. The highest BCUT2D eigenvalue weighted by Gasteiger charge is 2.03. The van der Waals surface area contributed by atoms with Gasteiger partial charge in [-0.15, -0.1) is 4.52 Å². The van der Waals surface area contributed by atoms with Crippen LogP contribution in [0.4, 0.5) is 0 Å². The average molecular weight is 150 g/mol. The van der Waals surface area contributed by atoms with E-state index in [2.05, 4.69) is 9.84 Å². The van der Waals surface area contributed by atoms with Gasteiger partial charge < -0.3 is 5.32 Å². The Kier molecular flexibility index (Phi) is 5.37. The molecule has 0 aromatic rings. The molecule has 52 valence electrons. The van der Waals surface area contributed by atoms with Crippen LogP contribution in [0.25, 0.3) is 0 Å². The predicted molar refractivity (Wildman–Crippen MR) is 33.5 cm³/mol. The van der Waals surface area contributed by atoms with Gasteiger partial charge in [-0.2, -0.15) is 0 Å². The van der Waals surface area contributed by atoms with Gasteiger partial charge in [0.15, 0.2) is 6.66 Å². The average Bonchev–Trinajstić information content (AvgIpc) is 1.80. The molecule has 0 aromatic heterocycles. The lowest BCUT2D eigenvalue weighted by Gasteiger charge is -1.88. The van der Waals surface area contributed by atoms with E-state index in [9.17, 15) is 9.36 Å². The molecule has 1 amide bonds. The van der Waals surface area contributed by atoms with Gasteiger partial charge in [0.25, 0.3) is 0 Å². The van der Waals surface area contributed by atoms with E-state index in [1.165, 1.54) is 6.66 Å². The number of hydrogen-bond donors (Lipinski definition) is 1. The van der Waals surface area contributed by atoms with Gasteiger partial charge in [-0.25, -0.2) is 0 Å². The molecule has 0 aliphatic rings. The largest absolute Gasteiger partial charge is 0.504 e. The first-order valence-corrected chi connectivity index (χ1v) is 4.10. The molecule has 0 fully saturated rings. The van der Waals surface area contributed by atoms with Crippen molar-refractivity contribution < 1.29 is 13.9 Å². The summed E-state index contributed by atoms with van der Waals surface area (Å²) in [6, 6.07) is 0. The molecule has 0 aliphatic heterocycles. The van der Waals surface area contributed by atoms with E-state index in [1.54, 1.807) is 0 Å². The molecule has 0 radical (unpaired) electrons. The van der Waals surface area contributed by atoms with Crippen molar-refractivity contribution in [2.75, 3.05) is 19.8 Å². The lowest BCUT2D eigenvalue weighted by molar-refractivity contribution is -0.109. The van der Waals surface area contributed by atoms with Crippen LogP contribution < -0.4 is 5.32 Å². The molecule has 4 nitrogen and oxygen atoms in total. The van der Waals surface area contributed by atoms with E-state index in [4.69, 9.17) is 0 Å². The van der Waals surface area contributed by atoms with E-state index >= 15 is 0 Å². The number of rotatable bonds is 5. The molecule has 0 aliphatic carbocycles. The van der Waals surface area contributed by atoms with Crippen molar-refractivity contribution in [3.05, 3.63) is 0 Å². The van der Waals surface area contributed by atoms with Crippen molar-refractivity contribution in [2.45, 2.75) is 0 Å². The SMILES string of the molecule is C[P+](=O)OCCNC=O. The minimum atomic E-state index is -1.52. The first-order valence-electron chi connectivity index (χ1n) is 2.48. The van der Waals surface area contributed by atoms with E-state index in [-0.39, 0.29) is 0 Å². The minimum absolute atomic E-state index is 0.310. The second-order valence-corrected chi connectivity index (χ2v) is 2.48. The molecule has 1 unspecified atom stereocenters. The molecule has 0 spiro atoms. The highest BCUT2D eigenvalue weighted by molar-refractivity contribution is 7.38. The van der Waals surface area contributed by atoms with Crippen molar-refractivity contribution in [2.24, 2.45) is 0 Å². The highest BCUT2D eigenvalue weighted by atomic mass is 31.1. The van der Waals surface area contributed by atoms with Gasteiger partial charge in [0.1, 0.15) is 6.61 Å². The van der Waals surface area contributed by atoms with E-state index in [0.717, 1.165) is 0 Å². The summed E-state index contributed by atoms with van der Waals surface area (Å²) in [6.45, 7) is 2.19. The number of hydrogen-bond acceptors (Lipinski definition) is 3. The molecule has 0 saturated carbocycles. The number of amides is 1. The van der Waals surface area contributed by atoms with Crippen molar-refractivity contribution >= 4 is 14.4 Å². The van der Waals surface area contributed by atoms with Crippen LogP contribution in [-0.2, 0) is 13.9 Å². The van der Waals surface area contributed by atoms with Crippen LogP contribution in [0.1, 0.15) is 0 Å². The Bertz CT molecular complexity index is 106. The van der Waals surface area contributed by atoms with Crippen molar-refractivity contribution in [3.8, 4) is 0 Å². The van der Waals surface area contributed by atoms with Crippen LogP contribution in [0.15, 0.2) is 0 Å². The Morgan fingerprint density at radius 1 is 1.78 bits per heavy atom. The zero-order valence-corrected chi connectivity index (χ0v) is 6.06. The van der Waals surface area contributed by atoms with Crippen LogP contribution >= 0.6 is 8.03 Å². The normalized spacial score (nSPS) is 10.6. The van der Waals surface area contributed by atoms with Gasteiger partial charge in [-0.3, -0.25) is 4.79 Å². The van der Waals surface area contributed by atoms with Gasteiger partial charge in [-0.05, 0) is 4.57 Å². The maximum atomic E-state index is 10.2. The summed E-state index contributed by atoms with van der Waals surface area (Å²) >= 11 is 0. The van der Waals surface area contributed by atoms with Crippen LogP contribution in [0.3, 0.4) is 0 Å². The third-order valence-electron chi connectivity index (χ3n) is 0.603. The van der Waals surface area contributed by atoms with Crippen LogP contribution in [0, 0.1) is 0 Å². The summed E-state index contributed by atoms with van der Waals surface area (Å²) in [7, 11) is -1.52. The van der Waals surface area contributed by atoms with Crippen LogP contribution in [0.2, 0.25) is 0 Å². The first-order chi connectivity index (χ1) is 4.27.